The summed E-state index contributed by atoms with van der Waals surface area (Å²) in [6, 6.07) is 13.1. The number of anilines is 1. The van der Waals surface area contributed by atoms with Gasteiger partial charge < -0.3 is 16.2 Å². The lowest BCUT2D eigenvalue weighted by Crippen LogP contribution is -2.31. The number of H-pyrrole nitrogens is 1. The predicted molar refractivity (Wildman–Crippen MR) is 108 cm³/mol. The summed E-state index contributed by atoms with van der Waals surface area (Å²) in [5, 5.41) is 31.0. The molecule has 0 aliphatic rings. The van der Waals surface area contributed by atoms with Crippen LogP contribution in [0.2, 0.25) is 0 Å². The molecule has 2 heterocycles. The minimum Gasteiger partial charge on any atom is -0.508 e. The van der Waals surface area contributed by atoms with Crippen molar-refractivity contribution in [3.63, 3.8) is 0 Å². The predicted octanol–water partition coefficient (Wildman–Crippen LogP) is 3.08. The number of hydrogen-bond donors (Lipinski definition) is 4. The van der Waals surface area contributed by atoms with Gasteiger partial charge in [-0.2, -0.15) is 5.10 Å². The Labute approximate surface area is 160 Å². The van der Waals surface area contributed by atoms with E-state index in [9.17, 15) is 5.11 Å². The summed E-state index contributed by atoms with van der Waals surface area (Å²) in [6.45, 7) is 2.57. The van der Waals surface area contributed by atoms with Crippen LogP contribution >= 0.6 is 11.3 Å². The lowest BCUT2D eigenvalue weighted by molar-refractivity contribution is 0.475. The van der Waals surface area contributed by atoms with Crippen LogP contribution in [-0.4, -0.2) is 38.1 Å². The second kappa shape index (κ2) is 7.34. The first-order valence-electron chi connectivity index (χ1n) is 8.64. The van der Waals surface area contributed by atoms with Crippen LogP contribution in [0.4, 0.5) is 5.13 Å². The van der Waals surface area contributed by atoms with Crippen LogP contribution in [-0.2, 0) is 6.42 Å². The number of aromatic nitrogens is 4. The van der Waals surface area contributed by atoms with E-state index in [2.05, 4.69) is 31.8 Å². The molecule has 0 aliphatic carbocycles. The number of aromatic amines is 1. The highest BCUT2D eigenvalue weighted by Crippen LogP contribution is 2.29. The van der Waals surface area contributed by atoms with Gasteiger partial charge in [-0.15, -0.1) is 10.2 Å². The molecule has 0 radical (unpaired) electrons. The normalized spacial score (nSPS) is 12.4. The standard InChI is InChI=1S/C19H20N6OS/c1-11-16-9-13(4-7-17(16)23-22-11)18-24-25-19(27-18)21-10-14(20)8-12-2-5-15(26)6-3-12/h2-7,9,14,26H,8,10,20H2,1H3,(H,21,25)(H,22,23). The van der Waals surface area contributed by atoms with Gasteiger partial charge in [0.15, 0.2) is 0 Å². The Morgan fingerprint density at radius 3 is 2.81 bits per heavy atom. The van der Waals surface area contributed by atoms with Crippen LogP contribution in [0.5, 0.6) is 5.75 Å². The van der Waals surface area contributed by atoms with E-state index < -0.39 is 0 Å². The second-order valence-corrected chi connectivity index (χ2v) is 7.47. The minimum absolute atomic E-state index is 0.0631. The Hall–Kier alpha value is -2.97. The van der Waals surface area contributed by atoms with Gasteiger partial charge in [0.1, 0.15) is 10.8 Å². The first-order chi connectivity index (χ1) is 13.1. The third kappa shape index (κ3) is 3.91. The molecule has 1 unspecified atom stereocenters. The molecular weight excluding hydrogens is 360 g/mol. The SMILES string of the molecule is Cc1n[nH]c2ccc(-c3nnc(NCC(N)Cc4ccc(O)cc4)s3)cc12. The zero-order valence-electron chi connectivity index (χ0n) is 14.8. The van der Waals surface area contributed by atoms with Crippen LogP contribution in [0.15, 0.2) is 42.5 Å². The molecule has 1 atom stereocenters. The lowest BCUT2D eigenvalue weighted by Gasteiger charge is -2.12. The first kappa shape index (κ1) is 17.4. The molecule has 2 aromatic heterocycles. The molecule has 0 aliphatic heterocycles. The second-order valence-electron chi connectivity index (χ2n) is 6.49. The molecule has 8 heteroatoms. The van der Waals surface area contributed by atoms with Gasteiger partial charge in [0.05, 0.1) is 11.2 Å². The van der Waals surface area contributed by atoms with Crippen molar-refractivity contribution in [1.29, 1.82) is 0 Å². The Balaban J connectivity index is 1.40. The third-order valence-electron chi connectivity index (χ3n) is 4.38. The number of aromatic hydroxyl groups is 1. The van der Waals surface area contributed by atoms with E-state index in [-0.39, 0.29) is 11.8 Å². The molecule has 4 aromatic rings. The topological polar surface area (TPSA) is 113 Å². The summed E-state index contributed by atoms with van der Waals surface area (Å²) in [7, 11) is 0. The van der Waals surface area contributed by atoms with E-state index in [4.69, 9.17) is 5.73 Å². The molecule has 0 amide bonds. The quantitative estimate of drug-likeness (QED) is 0.409. The van der Waals surface area contributed by atoms with Crippen molar-refractivity contribution >= 4 is 27.4 Å². The van der Waals surface area contributed by atoms with Crippen LogP contribution in [0.25, 0.3) is 21.5 Å². The maximum atomic E-state index is 9.34. The average Bonchev–Trinajstić information content (AvgIpc) is 3.29. The Kier molecular flexibility index (Phi) is 4.74. The van der Waals surface area contributed by atoms with Crippen LogP contribution < -0.4 is 11.1 Å². The van der Waals surface area contributed by atoms with Gasteiger partial charge in [-0.05, 0) is 49.2 Å². The van der Waals surface area contributed by atoms with Crippen LogP contribution in [0.3, 0.4) is 0 Å². The summed E-state index contributed by atoms with van der Waals surface area (Å²) in [5.41, 5.74) is 10.3. The molecule has 4 rings (SSSR count). The average molecular weight is 380 g/mol. The number of nitrogens with two attached hydrogens (primary N) is 1. The number of fused-ring (bicyclic) bond motifs is 1. The fraction of sp³-hybridized carbons (Fsp3) is 0.211. The van der Waals surface area contributed by atoms with E-state index in [0.717, 1.165) is 44.3 Å². The number of aryl methyl sites for hydroxylation is 1. The summed E-state index contributed by atoms with van der Waals surface area (Å²) in [4.78, 5) is 0. The Bertz CT molecular complexity index is 1060. The summed E-state index contributed by atoms with van der Waals surface area (Å²) < 4.78 is 0. The van der Waals surface area contributed by atoms with Gasteiger partial charge in [0.25, 0.3) is 0 Å². The van der Waals surface area contributed by atoms with Gasteiger partial charge in [0, 0.05) is 23.5 Å². The van der Waals surface area contributed by atoms with Crippen LogP contribution in [0.1, 0.15) is 11.3 Å². The number of rotatable bonds is 6. The van der Waals surface area contributed by atoms with Crippen molar-refractivity contribution < 1.29 is 5.11 Å². The number of phenols is 1. The minimum atomic E-state index is -0.0631. The molecule has 2 aromatic carbocycles. The zero-order valence-corrected chi connectivity index (χ0v) is 15.6. The van der Waals surface area contributed by atoms with E-state index in [0.29, 0.717) is 6.54 Å². The summed E-state index contributed by atoms with van der Waals surface area (Å²) in [5.74, 6) is 0.260. The molecule has 0 saturated carbocycles. The zero-order chi connectivity index (χ0) is 18.8. The van der Waals surface area contributed by atoms with E-state index >= 15 is 0 Å². The summed E-state index contributed by atoms with van der Waals surface area (Å²) >= 11 is 1.50. The molecular formula is C19H20N6OS. The van der Waals surface area contributed by atoms with Gasteiger partial charge in [-0.3, -0.25) is 5.10 Å². The molecule has 27 heavy (non-hydrogen) atoms. The molecule has 7 nitrogen and oxygen atoms in total. The molecule has 0 spiro atoms. The third-order valence-corrected chi connectivity index (χ3v) is 5.31. The highest BCUT2D eigenvalue weighted by molar-refractivity contribution is 7.18. The van der Waals surface area contributed by atoms with Gasteiger partial charge >= 0.3 is 0 Å². The smallest absolute Gasteiger partial charge is 0.206 e. The highest BCUT2D eigenvalue weighted by Gasteiger charge is 2.11. The molecule has 5 N–H and O–H groups in total. The largest absolute Gasteiger partial charge is 0.508 e. The number of nitrogens with zero attached hydrogens (tertiary/aromatic N) is 3. The maximum absolute atomic E-state index is 9.34. The van der Waals surface area contributed by atoms with E-state index in [1.54, 1.807) is 12.1 Å². The Morgan fingerprint density at radius 2 is 2.00 bits per heavy atom. The van der Waals surface area contributed by atoms with Crippen molar-refractivity contribution in [2.24, 2.45) is 5.73 Å². The molecule has 138 valence electrons. The van der Waals surface area contributed by atoms with Gasteiger partial charge in [-0.25, -0.2) is 0 Å². The first-order valence-corrected chi connectivity index (χ1v) is 9.46. The fourth-order valence-corrected chi connectivity index (χ4v) is 3.66. The molecule has 0 saturated heterocycles. The van der Waals surface area contributed by atoms with Gasteiger partial charge in [0.2, 0.25) is 5.13 Å². The monoisotopic (exact) mass is 380 g/mol. The van der Waals surface area contributed by atoms with E-state index in [1.807, 2.05) is 31.2 Å². The highest BCUT2D eigenvalue weighted by atomic mass is 32.1. The van der Waals surface area contributed by atoms with Crippen molar-refractivity contribution in [3.05, 3.63) is 53.7 Å². The molecule has 0 fully saturated rings. The molecule has 0 bridgehead atoms. The summed E-state index contributed by atoms with van der Waals surface area (Å²) in [6.07, 6.45) is 0.718. The van der Waals surface area contributed by atoms with Crippen LogP contribution in [0, 0.1) is 6.92 Å². The Morgan fingerprint density at radius 1 is 1.19 bits per heavy atom. The number of phenolic OH excluding ortho intramolecular Hbond substituents is 1. The van der Waals surface area contributed by atoms with Crippen molar-refractivity contribution in [2.75, 3.05) is 11.9 Å². The maximum Gasteiger partial charge on any atom is 0.206 e. The van der Waals surface area contributed by atoms with Crippen molar-refractivity contribution in [1.82, 2.24) is 20.4 Å². The van der Waals surface area contributed by atoms with E-state index in [1.165, 1.54) is 11.3 Å². The van der Waals surface area contributed by atoms with Crippen molar-refractivity contribution in [2.45, 2.75) is 19.4 Å². The number of nitrogens with one attached hydrogen (secondary N) is 2. The number of hydrogen-bond acceptors (Lipinski definition) is 7. The lowest BCUT2D eigenvalue weighted by atomic mass is 10.1. The number of benzene rings is 2. The fourth-order valence-electron chi connectivity index (χ4n) is 2.92. The van der Waals surface area contributed by atoms with Crippen molar-refractivity contribution in [3.8, 4) is 16.3 Å². The van der Waals surface area contributed by atoms with Gasteiger partial charge in [-0.1, -0.05) is 23.5 Å².